The first-order valence-corrected chi connectivity index (χ1v) is 7.24. The van der Waals surface area contributed by atoms with E-state index in [1.807, 2.05) is 18.2 Å². The van der Waals surface area contributed by atoms with E-state index in [4.69, 9.17) is 18.6 Å². The minimum Gasteiger partial charge on any atom is -0.463 e. The Labute approximate surface area is 127 Å². The van der Waals surface area contributed by atoms with E-state index in [0.29, 0.717) is 24.9 Å². The van der Waals surface area contributed by atoms with Crippen LogP contribution in [0.2, 0.25) is 0 Å². The number of furan rings is 1. The Bertz CT molecular complexity index is 633. The fraction of sp³-hybridized carbons (Fsp3) is 0.467. The van der Waals surface area contributed by atoms with Crippen molar-refractivity contribution in [3.8, 4) is 11.5 Å². The molecule has 4 heterocycles. The van der Waals surface area contributed by atoms with E-state index in [-0.39, 0.29) is 24.4 Å². The second-order valence-corrected chi connectivity index (χ2v) is 5.36. The van der Waals surface area contributed by atoms with E-state index in [9.17, 15) is 0 Å². The lowest BCUT2D eigenvalue weighted by molar-refractivity contribution is -0.00757. The van der Waals surface area contributed by atoms with Crippen LogP contribution in [0.15, 0.2) is 35.1 Å². The Morgan fingerprint density at radius 2 is 2.14 bits per heavy atom. The van der Waals surface area contributed by atoms with E-state index >= 15 is 0 Å². The molecule has 4 atom stereocenters. The molecule has 0 saturated carbocycles. The van der Waals surface area contributed by atoms with Crippen LogP contribution in [0, 0.1) is 0 Å². The average Bonchev–Trinajstić information content (AvgIpc) is 3.26. The number of rotatable bonds is 4. The summed E-state index contributed by atoms with van der Waals surface area (Å²) < 4.78 is 22.3. The fourth-order valence-corrected chi connectivity index (χ4v) is 2.95. The van der Waals surface area contributed by atoms with Gasteiger partial charge in [0.15, 0.2) is 5.76 Å². The molecule has 0 aliphatic carbocycles. The van der Waals surface area contributed by atoms with Crippen molar-refractivity contribution in [2.45, 2.75) is 24.4 Å². The standard InChI is InChI=1S/C15H17N3O4/c1-19-12-8-22-13-10(7-21-14(12)13)18-15-16-5-4-9(17-15)11-3-2-6-20-11/h2-6,10,12-14H,7-8H2,1H3,(H,16,17,18)/t10-,12+,13+,14+/m0/s1. The van der Waals surface area contributed by atoms with Crippen molar-refractivity contribution in [1.29, 1.82) is 0 Å². The van der Waals surface area contributed by atoms with Gasteiger partial charge in [-0.2, -0.15) is 0 Å². The summed E-state index contributed by atoms with van der Waals surface area (Å²) in [5.74, 6) is 1.25. The SMILES string of the molecule is CO[C@@H]1CO[C@H]2[C@@H]1OC[C@@H]2Nc1nccc(-c2ccco2)n1. The van der Waals surface area contributed by atoms with E-state index in [2.05, 4.69) is 15.3 Å². The number of nitrogens with zero attached hydrogens (tertiary/aromatic N) is 2. The highest BCUT2D eigenvalue weighted by molar-refractivity contribution is 5.53. The molecule has 0 amide bonds. The molecule has 116 valence electrons. The van der Waals surface area contributed by atoms with Gasteiger partial charge in [0.1, 0.15) is 24.0 Å². The molecule has 22 heavy (non-hydrogen) atoms. The van der Waals surface area contributed by atoms with Gasteiger partial charge in [-0.3, -0.25) is 0 Å². The van der Waals surface area contributed by atoms with Crippen LogP contribution >= 0.6 is 0 Å². The Hall–Kier alpha value is -1.96. The van der Waals surface area contributed by atoms with Crippen molar-refractivity contribution in [2.24, 2.45) is 0 Å². The second-order valence-electron chi connectivity index (χ2n) is 5.36. The van der Waals surface area contributed by atoms with Crippen LogP contribution in [0.3, 0.4) is 0 Å². The molecule has 0 unspecified atom stereocenters. The lowest BCUT2D eigenvalue weighted by Crippen LogP contribution is -2.36. The zero-order valence-electron chi connectivity index (χ0n) is 12.1. The highest BCUT2D eigenvalue weighted by Crippen LogP contribution is 2.30. The van der Waals surface area contributed by atoms with Crippen LogP contribution in [-0.2, 0) is 14.2 Å². The molecule has 0 aromatic carbocycles. The first-order chi connectivity index (χ1) is 10.8. The highest BCUT2D eigenvalue weighted by atomic mass is 16.6. The van der Waals surface area contributed by atoms with E-state index in [1.54, 1.807) is 19.6 Å². The fourth-order valence-electron chi connectivity index (χ4n) is 2.95. The van der Waals surface area contributed by atoms with Crippen LogP contribution in [0.25, 0.3) is 11.5 Å². The molecule has 2 aliphatic rings. The van der Waals surface area contributed by atoms with Crippen molar-refractivity contribution in [2.75, 3.05) is 25.6 Å². The third-order valence-corrected chi connectivity index (χ3v) is 4.05. The van der Waals surface area contributed by atoms with E-state index in [0.717, 1.165) is 5.69 Å². The summed E-state index contributed by atoms with van der Waals surface area (Å²) in [7, 11) is 1.68. The first kappa shape index (κ1) is 13.7. The Balaban J connectivity index is 1.49. The van der Waals surface area contributed by atoms with Gasteiger partial charge in [0.05, 0.1) is 25.5 Å². The number of methoxy groups -OCH3 is 1. The second kappa shape index (κ2) is 5.68. The zero-order chi connectivity index (χ0) is 14.9. The minimum absolute atomic E-state index is 0.00725. The molecule has 7 nitrogen and oxygen atoms in total. The summed E-state index contributed by atoms with van der Waals surface area (Å²) in [5.41, 5.74) is 0.736. The number of hydrogen-bond acceptors (Lipinski definition) is 7. The summed E-state index contributed by atoms with van der Waals surface area (Å²) >= 11 is 0. The lowest BCUT2D eigenvalue weighted by Gasteiger charge is -2.17. The zero-order valence-corrected chi connectivity index (χ0v) is 12.1. The van der Waals surface area contributed by atoms with Crippen LogP contribution in [0.5, 0.6) is 0 Å². The number of hydrogen-bond donors (Lipinski definition) is 1. The van der Waals surface area contributed by atoms with Crippen LogP contribution in [-0.4, -0.2) is 54.6 Å². The minimum atomic E-state index is -0.0409. The molecule has 2 aliphatic heterocycles. The summed E-state index contributed by atoms with van der Waals surface area (Å²) in [6.45, 7) is 1.10. The van der Waals surface area contributed by atoms with Gasteiger partial charge < -0.3 is 23.9 Å². The first-order valence-electron chi connectivity index (χ1n) is 7.24. The van der Waals surface area contributed by atoms with E-state index in [1.165, 1.54) is 0 Å². The number of nitrogens with one attached hydrogen (secondary N) is 1. The van der Waals surface area contributed by atoms with Gasteiger partial charge in [-0.1, -0.05) is 0 Å². The number of ether oxygens (including phenoxy) is 3. The van der Waals surface area contributed by atoms with Gasteiger partial charge in [0.25, 0.3) is 0 Å². The summed E-state index contributed by atoms with van der Waals surface area (Å²) in [5, 5.41) is 3.29. The molecule has 2 fully saturated rings. The molecule has 7 heteroatoms. The van der Waals surface area contributed by atoms with Crippen molar-refractivity contribution in [3.63, 3.8) is 0 Å². The van der Waals surface area contributed by atoms with Crippen molar-refractivity contribution < 1.29 is 18.6 Å². The molecule has 0 spiro atoms. The van der Waals surface area contributed by atoms with Gasteiger partial charge in [0, 0.05) is 13.3 Å². The van der Waals surface area contributed by atoms with Crippen molar-refractivity contribution in [1.82, 2.24) is 9.97 Å². The molecule has 2 aromatic rings. The maximum absolute atomic E-state index is 5.78. The van der Waals surface area contributed by atoms with Crippen LogP contribution in [0.4, 0.5) is 5.95 Å². The number of anilines is 1. The maximum atomic E-state index is 5.78. The number of aromatic nitrogens is 2. The Morgan fingerprint density at radius 1 is 1.23 bits per heavy atom. The quantitative estimate of drug-likeness (QED) is 0.912. The predicted molar refractivity (Wildman–Crippen MR) is 77.4 cm³/mol. The third kappa shape index (κ3) is 2.37. The third-order valence-electron chi connectivity index (χ3n) is 4.05. The summed E-state index contributed by atoms with van der Waals surface area (Å²) in [6.07, 6.45) is 3.24. The molecular formula is C15H17N3O4. The molecular weight excluding hydrogens is 286 g/mol. The summed E-state index contributed by atoms with van der Waals surface area (Å²) in [4.78, 5) is 8.73. The van der Waals surface area contributed by atoms with Crippen molar-refractivity contribution in [3.05, 3.63) is 30.7 Å². The average molecular weight is 303 g/mol. The molecule has 2 saturated heterocycles. The normalized spacial score (nSPS) is 30.4. The molecule has 0 bridgehead atoms. The van der Waals surface area contributed by atoms with E-state index < -0.39 is 0 Å². The Morgan fingerprint density at radius 3 is 2.95 bits per heavy atom. The summed E-state index contributed by atoms with van der Waals surface area (Å²) in [6, 6.07) is 5.52. The maximum Gasteiger partial charge on any atom is 0.223 e. The topological polar surface area (TPSA) is 78.6 Å². The predicted octanol–water partition coefficient (Wildman–Crippen LogP) is 1.33. The van der Waals surface area contributed by atoms with Gasteiger partial charge in [-0.05, 0) is 18.2 Å². The molecule has 4 rings (SSSR count). The number of fused-ring (bicyclic) bond motifs is 1. The van der Waals surface area contributed by atoms with Gasteiger partial charge in [-0.25, -0.2) is 9.97 Å². The smallest absolute Gasteiger partial charge is 0.223 e. The molecule has 1 N–H and O–H groups in total. The van der Waals surface area contributed by atoms with Crippen LogP contribution < -0.4 is 5.32 Å². The van der Waals surface area contributed by atoms with Crippen molar-refractivity contribution >= 4 is 5.95 Å². The van der Waals surface area contributed by atoms with Gasteiger partial charge in [-0.15, -0.1) is 0 Å². The van der Waals surface area contributed by atoms with Gasteiger partial charge in [0.2, 0.25) is 5.95 Å². The molecule has 2 aromatic heterocycles. The molecule has 0 radical (unpaired) electrons. The van der Waals surface area contributed by atoms with Crippen LogP contribution in [0.1, 0.15) is 0 Å². The largest absolute Gasteiger partial charge is 0.463 e. The monoisotopic (exact) mass is 303 g/mol. The highest BCUT2D eigenvalue weighted by Gasteiger charge is 2.48. The lowest BCUT2D eigenvalue weighted by atomic mass is 10.1. The Kier molecular flexibility index (Phi) is 3.53. The van der Waals surface area contributed by atoms with Gasteiger partial charge >= 0.3 is 0 Å².